The molecule has 12 heavy (non-hydrogen) atoms. The fraction of sp³-hybridized carbons (Fsp3) is 0.750. The van der Waals surface area contributed by atoms with E-state index in [1.165, 1.54) is 0 Å². The molecule has 0 fully saturated rings. The molecule has 0 aliphatic rings. The second kappa shape index (κ2) is 8.19. The summed E-state index contributed by atoms with van der Waals surface area (Å²) in [4.78, 5) is 9.81. The molecule has 0 saturated carbocycles. The van der Waals surface area contributed by atoms with Gasteiger partial charge < -0.3 is 7.96 Å². The first-order valence-corrected chi connectivity index (χ1v) is 4.20. The third-order valence-electron chi connectivity index (χ3n) is 0.793. The largest absolute Gasteiger partial charge is 1.00 e. The summed E-state index contributed by atoms with van der Waals surface area (Å²) in [5.74, 6) is -1.55. The van der Waals surface area contributed by atoms with E-state index in [0.717, 1.165) is 0 Å². The van der Waals surface area contributed by atoms with Crippen LogP contribution >= 0.6 is 0 Å². The van der Waals surface area contributed by atoms with Crippen LogP contribution in [-0.4, -0.2) is 29.8 Å². The molecule has 0 heterocycles. The molecule has 0 atom stereocenters. The Morgan fingerprint density at radius 2 is 1.75 bits per heavy atom. The molecule has 0 radical (unpaired) electrons. The minimum absolute atomic E-state index is 0. The van der Waals surface area contributed by atoms with E-state index in [1.54, 1.807) is 0 Å². The monoisotopic (exact) mass is 184 g/mol. The van der Waals surface area contributed by atoms with E-state index < -0.39 is 21.8 Å². The van der Waals surface area contributed by atoms with Gasteiger partial charge in [-0.3, -0.25) is 9.35 Å². The summed E-state index contributed by atoms with van der Waals surface area (Å²) in [6, 6.07) is 0. The first-order valence-electron chi connectivity index (χ1n) is 2.59. The molecule has 0 rings (SSSR count). The third kappa shape index (κ3) is 16.9. The van der Waals surface area contributed by atoms with Crippen molar-refractivity contribution in [1.29, 1.82) is 0 Å². The summed E-state index contributed by atoms with van der Waals surface area (Å²) in [7, 11) is -3.98. The van der Waals surface area contributed by atoms with Crippen LogP contribution in [0.3, 0.4) is 0 Å². The topological polar surface area (TPSA) is 91.7 Å². The Morgan fingerprint density at radius 1 is 1.33 bits per heavy atom. The van der Waals surface area contributed by atoms with Crippen molar-refractivity contribution in [2.24, 2.45) is 0 Å². The summed E-state index contributed by atoms with van der Waals surface area (Å²) >= 11 is 0. The zero-order valence-corrected chi connectivity index (χ0v) is 7.97. The Balaban J connectivity index is -0.0000000675. The normalized spacial score (nSPS) is 9.42. The van der Waals surface area contributed by atoms with Crippen LogP contribution < -0.4 is 37.7 Å². The van der Waals surface area contributed by atoms with Gasteiger partial charge in [0.25, 0.3) is 10.1 Å². The van der Waals surface area contributed by atoms with E-state index in [9.17, 15) is 13.2 Å². The molecule has 0 aliphatic carbocycles. The molecule has 0 saturated heterocycles. The van der Waals surface area contributed by atoms with E-state index in [0.29, 0.717) is 0 Å². The predicted octanol–water partition coefficient (Wildman–Crippen LogP) is -6.03. The van der Waals surface area contributed by atoms with Gasteiger partial charge in [-0.25, -0.2) is 0 Å². The van der Waals surface area contributed by atoms with Gasteiger partial charge in [-0.05, 0) is 6.42 Å². The first kappa shape index (κ1) is 18.4. The molecule has 0 bridgehead atoms. The van der Waals surface area contributed by atoms with Gasteiger partial charge in [0.2, 0.25) is 0 Å². The van der Waals surface area contributed by atoms with Crippen molar-refractivity contribution in [3.8, 4) is 0 Å². The molecular formula is C4H10Li2O5S. The Labute approximate surface area is 98.0 Å². The number of carbonyl (C=O) groups is 1. The quantitative estimate of drug-likeness (QED) is 0.335. The van der Waals surface area contributed by atoms with Gasteiger partial charge in [0.05, 0.1) is 5.75 Å². The zero-order chi connectivity index (χ0) is 8.20. The fourth-order valence-electron chi connectivity index (χ4n) is 0.406. The minimum Gasteiger partial charge on any atom is -1.00 e. The summed E-state index contributed by atoms with van der Waals surface area (Å²) < 4.78 is 28.1. The average molecular weight is 184 g/mol. The van der Waals surface area contributed by atoms with Crippen LogP contribution in [0.25, 0.3) is 0 Å². The van der Waals surface area contributed by atoms with E-state index in [4.69, 9.17) is 9.66 Å². The van der Waals surface area contributed by atoms with E-state index in [1.807, 2.05) is 0 Å². The maximum absolute atomic E-state index is 9.98. The molecule has 0 unspecified atom stereocenters. The molecule has 8 heteroatoms. The summed E-state index contributed by atoms with van der Waals surface area (Å²) in [5.41, 5.74) is 0. The summed E-state index contributed by atoms with van der Waals surface area (Å²) in [5, 5.41) is 8.03. The number of aliphatic carboxylic acids is 1. The van der Waals surface area contributed by atoms with Crippen LogP contribution in [0.2, 0.25) is 0 Å². The van der Waals surface area contributed by atoms with Crippen molar-refractivity contribution in [2.75, 3.05) is 5.75 Å². The van der Waals surface area contributed by atoms with Crippen molar-refractivity contribution >= 4 is 16.1 Å². The van der Waals surface area contributed by atoms with Gasteiger partial charge in [-0.1, -0.05) is 0 Å². The molecule has 64 valence electrons. The van der Waals surface area contributed by atoms with Gasteiger partial charge in [0.15, 0.2) is 0 Å². The zero-order valence-electron chi connectivity index (χ0n) is 9.15. The van der Waals surface area contributed by atoms with Gasteiger partial charge >= 0.3 is 43.7 Å². The van der Waals surface area contributed by atoms with Gasteiger partial charge in [0.1, 0.15) is 0 Å². The Kier molecular flexibility index (Phi) is 12.5. The molecule has 2 N–H and O–H groups in total. The molecule has 0 aromatic carbocycles. The SMILES string of the molecule is O=C(O)CCCS(=O)(=O)O.[H-].[H-].[Li+].[Li+]. The van der Waals surface area contributed by atoms with Crippen LogP contribution in [-0.2, 0) is 14.9 Å². The Hall–Kier alpha value is 0.575. The number of hydrogen-bond donors (Lipinski definition) is 2. The maximum Gasteiger partial charge on any atom is 1.00 e. The van der Waals surface area contributed by atoms with Crippen LogP contribution in [0.5, 0.6) is 0 Å². The van der Waals surface area contributed by atoms with Crippen molar-refractivity contribution in [2.45, 2.75) is 12.8 Å². The summed E-state index contributed by atoms with van der Waals surface area (Å²) in [6.07, 6.45) is -0.284. The average Bonchev–Trinajstić information content (AvgIpc) is 1.59. The Bertz CT molecular complexity index is 220. The molecule has 0 aromatic rings. The van der Waals surface area contributed by atoms with Crippen LogP contribution in [0, 0.1) is 0 Å². The minimum atomic E-state index is -3.98. The van der Waals surface area contributed by atoms with Gasteiger partial charge in [0, 0.05) is 6.42 Å². The molecular weight excluding hydrogens is 174 g/mol. The van der Waals surface area contributed by atoms with Crippen molar-refractivity contribution in [3.05, 3.63) is 0 Å². The number of rotatable bonds is 4. The van der Waals surface area contributed by atoms with Crippen LogP contribution in [0.1, 0.15) is 15.7 Å². The van der Waals surface area contributed by atoms with Crippen molar-refractivity contribution < 1.29 is 63.4 Å². The van der Waals surface area contributed by atoms with E-state index >= 15 is 0 Å². The second-order valence-electron chi connectivity index (χ2n) is 1.78. The number of carboxylic acids is 1. The van der Waals surface area contributed by atoms with Crippen molar-refractivity contribution in [3.63, 3.8) is 0 Å². The molecule has 0 amide bonds. The van der Waals surface area contributed by atoms with Gasteiger partial charge in [-0.15, -0.1) is 0 Å². The molecule has 0 aromatic heterocycles. The van der Waals surface area contributed by atoms with Crippen LogP contribution in [0.4, 0.5) is 0 Å². The summed E-state index contributed by atoms with van der Waals surface area (Å²) in [6.45, 7) is 0. The first-order chi connectivity index (χ1) is 4.42. The van der Waals surface area contributed by atoms with Crippen LogP contribution in [0.15, 0.2) is 0 Å². The molecule has 0 spiro atoms. The molecule has 0 aliphatic heterocycles. The van der Waals surface area contributed by atoms with Gasteiger partial charge in [-0.2, -0.15) is 8.42 Å². The van der Waals surface area contributed by atoms with E-state index in [2.05, 4.69) is 0 Å². The Morgan fingerprint density at radius 3 is 2.00 bits per heavy atom. The number of carboxylic acid groups (broad SMARTS) is 1. The standard InChI is InChI=1S/C4H8O5S.2Li.2H/c5-4(6)2-1-3-10(7,8)9;;;;/h1-3H2,(H,5,6)(H,7,8,9);;;;/q;2*+1;2*-1. The number of hydrogen-bond acceptors (Lipinski definition) is 3. The second-order valence-corrected chi connectivity index (χ2v) is 3.36. The molecule has 5 nitrogen and oxygen atoms in total. The third-order valence-corrected chi connectivity index (χ3v) is 1.60. The predicted molar refractivity (Wildman–Crippen MR) is 35.5 cm³/mol. The van der Waals surface area contributed by atoms with E-state index in [-0.39, 0.29) is 53.4 Å². The smallest absolute Gasteiger partial charge is 1.00 e. The maximum atomic E-state index is 9.98. The van der Waals surface area contributed by atoms with Crippen molar-refractivity contribution in [1.82, 2.24) is 0 Å². The fourth-order valence-corrected chi connectivity index (χ4v) is 0.915.